The van der Waals surface area contributed by atoms with Crippen LogP contribution in [0.25, 0.3) is 11.4 Å². The lowest BCUT2D eigenvalue weighted by molar-refractivity contribution is -0.149. The van der Waals surface area contributed by atoms with Crippen molar-refractivity contribution in [3.63, 3.8) is 0 Å². The van der Waals surface area contributed by atoms with Crippen LogP contribution in [-0.2, 0) is 20.9 Å². The molecular weight excluding hydrogens is 366 g/mol. The van der Waals surface area contributed by atoms with E-state index in [1.807, 2.05) is 13.8 Å². The molecule has 0 unspecified atom stereocenters. The van der Waals surface area contributed by atoms with Crippen LogP contribution < -0.4 is 14.8 Å². The van der Waals surface area contributed by atoms with Gasteiger partial charge in [-0.3, -0.25) is 4.79 Å². The summed E-state index contributed by atoms with van der Waals surface area (Å²) in [5, 5.41) is 14.7. The first-order chi connectivity index (χ1) is 13.5. The molecule has 2 aromatic rings. The van der Waals surface area contributed by atoms with Gasteiger partial charge in [-0.25, -0.2) is 4.79 Å². The van der Waals surface area contributed by atoms with E-state index in [9.17, 15) is 9.59 Å². The number of rotatable bonds is 10. The van der Waals surface area contributed by atoms with Gasteiger partial charge in [-0.15, -0.1) is 10.2 Å². The maximum absolute atomic E-state index is 11.9. The van der Waals surface area contributed by atoms with Gasteiger partial charge in [0.2, 0.25) is 5.82 Å². The summed E-state index contributed by atoms with van der Waals surface area (Å²) < 4.78 is 15.4. The number of nitrogens with one attached hydrogen (secondary N) is 1. The summed E-state index contributed by atoms with van der Waals surface area (Å²) in [6, 6.07) is 5.26. The van der Waals surface area contributed by atoms with Gasteiger partial charge in [0, 0.05) is 11.6 Å². The molecule has 10 nitrogen and oxygen atoms in total. The van der Waals surface area contributed by atoms with E-state index in [0.29, 0.717) is 22.9 Å². The molecule has 1 aromatic carbocycles. The second-order valence-electron chi connectivity index (χ2n) is 5.95. The van der Waals surface area contributed by atoms with Crippen LogP contribution in [0.1, 0.15) is 26.7 Å². The Bertz CT molecular complexity index is 803. The first-order valence-corrected chi connectivity index (χ1v) is 8.95. The second kappa shape index (κ2) is 10.2. The van der Waals surface area contributed by atoms with Gasteiger partial charge < -0.3 is 19.5 Å². The Kier molecular flexibility index (Phi) is 7.73. The van der Waals surface area contributed by atoms with Crippen molar-refractivity contribution in [2.24, 2.45) is 0 Å². The van der Waals surface area contributed by atoms with Crippen molar-refractivity contribution >= 4 is 11.9 Å². The number of amides is 1. The van der Waals surface area contributed by atoms with E-state index in [-0.39, 0.29) is 25.1 Å². The number of benzene rings is 1. The van der Waals surface area contributed by atoms with Crippen molar-refractivity contribution < 1.29 is 23.8 Å². The number of aromatic nitrogens is 4. The molecule has 0 saturated carbocycles. The maximum Gasteiger partial charge on any atom is 0.330 e. The van der Waals surface area contributed by atoms with Gasteiger partial charge >= 0.3 is 5.97 Å². The molecule has 28 heavy (non-hydrogen) atoms. The van der Waals surface area contributed by atoms with Crippen LogP contribution in [0.15, 0.2) is 18.2 Å². The summed E-state index contributed by atoms with van der Waals surface area (Å²) in [5.41, 5.74) is 0.654. The van der Waals surface area contributed by atoms with E-state index in [2.05, 4.69) is 20.7 Å². The highest BCUT2D eigenvalue weighted by atomic mass is 16.5. The van der Waals surface area contributed by atoms with E-state index in [4.69, 9.17) is 14.2 Å². The molecule has 0 bridgehead atoms. The molecule has 0 fully saturated rings. The highest BCUT2D eigenvalue weighted by Gasteiger charge is 2.15. The monoisotopic (exact) mass is 391 g/mol. The molecule has 1 aromatic heterocycles. The van der Waals surface area contributed by atoms with Crippen molar-refractivity contribution in [1.29, 1.82) is 0 Å². The zero-order chi connectivity index (χ0) is 20.5. The third-order valence-corrected chi connectivity index (χ3v) is 4.08. The predicted molar refractivity (Wildman–Crippen MR) is 99.8 cm³/mol. The number of esters is 1. The molecular formula is C18H25N5O5. The molecule has 0 aliphatic heterocycles. The Hall–Kier alpha value is -3.17. The van der Waals surface area contributed by atoms with Crippen molar-refractivity contribution in [2.75, 3.05) is 20.8 Å². The number of tetrazole rings is 1. The zero-order valence-electron chi connectivity index (χ0n) is 16.5. The minimum atomic E-state index is -0.629. The summed E-state index contributed by atoms with van der Waals surface area (Å²) in [6.45, 7) is 3.37. The van der Waals surface area contributed by atoms with Crippen molar-refractivity contribution in [2.45, 2.75) is 39.3 Å². The predicted octanol–water partition coefficient (Wildman–Crippen LogP) is 1.21. The van der Waals surface area contributed by atoms with Crippen LogP contribution >= 0.6 is 0 Å². The molecule has 0 radical (unpaired) electrons. The molecule has 0 atom stereocenters. The first kappa shape index (κ1) is 21.1. The standard InChI is InChI=1S/C18H25N5O5/c1-5-13(6-2)19-16(24)11-28-17(25)10-23-21-18(20-22-23)12-7-8-14(26-3)15(9-12)27-4/h7-9,13H,5-6,10-11H2,1-4H3,(H,19,24). The van der Waals surface area contributed by atoms with Crippen LogP contribution in [0.3, 0.4) is 0 Å². The molecule has 152 valence electrons. The maximum atomic E-state index is 11.9. The summed E-state index contributed by atoms with van der Waals surface area (Å²) in [7, 11) is 3.07. The first-order valence-electron chi connectivity index (χ1n) is 8.95. The SMILES string of the molecule is CCC(CC)NC(=O)COC(=O)Cn1nnc(-c2ccc(OC)c(OC)c2)n1. The number of hydrogen-bond donors (Lipinski definition) is 1. The van der Waals surface area contributed by atoms with Gasteiger partial charge in [0.25, 0.3) is 5.91 Å². The smallest absolute Gasteiger partial charge is 0.330 e. The van der Waals surface area contributed by atoms with Crippen LogP contribution in [0, 0.1) is 0 Å². The van der Waals surface area contributed by atoms with Crippen molar-refractivity contribution in [3.8, 4) is 22.9 Å². The van der Waals surface area contributed by atoms with Gasteiger partial charge in [-0.05, 0) is 36.3 Å². The molecule has 1 amide bonds. The van der Waals surface area contributed by atoms with Crippen molar-refractivity contribution in [1.82, 2.24) is 25.5 Å². The van der Waals surface area contributed by atoms with E-state index in [0.717, 1.165) is 17.6 Å². The highest BCUT2D eigenvalue weighted by molar-refractivity contribution is 5.80. The average Bonchev–Trinajstić information content (AvgIpc) is 3.18. The topological polar surface area (TPSA) is 117 Å². The van der Waals surface area contributed by atoms with Crippen LogP contribution in [0.5, 0.6) is 11.5 Å². The molecule has 0 spiro atoms. The van der Waals surface area contributed by atoms with E-state index < -0.39 is 5.97 Å². The number of carbonyl (C=O) groups is 2. The van der Waals surface area contributed by atoms with Crippen LogP contribution in [-0.4, -0.2) is 59.0 Å². The summed E-state index contributed by atoms with van der Waals surface area (Å²) in [6.07, 6.45) is 1.63. The lowest BCUT2D eigenvalue weighted by Crippen LogP contribution is -2.37. The number of ether oxygens (including phenoxy) is 3. The second-order valence-corrected chi connectivity index (χ2v) is 5.95. The molecule has 0 aliphatic rings. The summed E-state index contributed by atoms with van der Waals surface area (Å²) in [4.78, 5) is 24.8. The molecule has 0 aliphatic carbocycles. The number of nitrogens with zero attached hydrogens (tertiary/aromatic N) is 4. The van der Waals surface area contributed by atoms with Gasteiger partial charge in [0.15, 0.2) is 24.7 Å². The molecule has 1 heterocycles. The van der Waals surface area contributed by atoms with Crippen molar-refractivity contribution in [3.05, 3.63) is 18.2 Å². The third-order valence-electron chi connectivity index (χ3n) is 4.08. The quantitative estimate of drug-likeness (QED) is 0.601. The fourth-order valence-corrected chi connectivity index (χ4v) is 2.47. The largest absolute Gasteiger partial charge is 0.493 e. The van der Waals surface area contributed by atoms with Crippen LogP contribution in [0.4, 0.5) is 0 Å². The Morgan fingerprint density at radius 2 is 1.86 bits per heavy atom. The Morgan fingerprint density at radius 1 is 1.14 bits per heavy atom. The Morgan fingerprint density at radius 3 is 2.50 bits per heavy atom. The summed E-state index contributed by atoms with van der Waals surface area (Å²) in [5.74, 6) is 0.462. The van der Waals surface area contributed by atoms with Gasteiger partial charge in [-0.2, -0.15) is 4.80 Å². The van der Waals surface area contributed by atoms with Gasteiger partial charge in [0.05, 0.1) is 14.2 Å². The van der Waals surface area contributed by atoms with Crippen LogP contribution in [0.2, 0.25) is 0 Å². The molecule has 1 N–H and O–H groups in total. The Balaban J connectivity index is 1.92. The summed E-state index contributed by atoms with van der Waals surface area (Å²) >= 11 is 0. The third kappa shape index (κ3) is 5.66. The number of carbonyl (C=O) groups excluding carboxylic acids is 2. The van der Waals surface area contributed by atoms with E-state index in [1.165, 1.54) is 7.11 Å². The minimum Gasteiger partial charge on any atom is -0.493 e. The van der Waals surface area contributed by atoms with Gasteiger partial charge in [0.1, 0.15) is 0 Å². The van der Waals surface area contributed by atoms with E-state index >= 15 is 0 Å². The number of methoxy groups -OCH3 is 2. The minimum absolute atomic E-state index is 0.0761. The number of hydrogen-bond acceptors (Lipinski definition) is 8. The van der Waals surface area contributed by atoms with Gasteiger partial charge in [-0.1, -0.05) is 13.8 Å². The molecule has 10 heteroatoms. The normalized spacial score (nSPS) is 10.6. The molecule has 0 saturated heterocycles. The lowest BCUT2D eigenvalue weighted by Gasteiger charge is -2.14. The highest BCUT2D eigenvalue weighted by Crippen LogP contribution is 2.30. The Labute approximate surface area is 163 Å². The fraction of sp³-hybridized carbons (Fsp3) is 0.500. The average molecular weight is 391 g/mol. The molecule has 2 rings (SSSR count). The lowest BCUT2D eigenvalue weighted by atomic mass is 10.2. The fourth-order valence-electron chi connectivity index (χ4n) is 2.47. The zero-order valence-corrected chi connectivity index (χ0v) is 16.5. The van der Waals surface area contributed by atoms with E-state index in [1.54, 1.807) is 25.3 Å².